The number of carbonyl (C=O) groups is 1. The Balaban J connectivity index is -0.0000000571. The molecule has 0 aliphatic heterocycles. The Morgan fingerprint density at radius 3 is 1.48 bits per heavy atom. The molecule has 130 valence electrons. The van der Waals surface area contributed by atoms with E-state index >= 15 is 0 Å². The molecule has 0 saturated heterocycles. The normalized spacial score (nSPS) is 7.14. The number of carbonyl (C=O) groups excluding carboxylic acids is 1. The maximum absolute atomic E-state index is 10.1. The molecule has 0 radical (unpaired) electrons. The zero-order chi connectivity index (χ0) is 17.9. The van der Waals surface area contributed by atoms with E-state index in [1.165, 1.54) is 6.92 Å². The molecular weight excluding hydrogens is 272 g/mol. The molecule has 5 nitrogen and oxygen atoms in total. The third-order valence-corrected chi connectivity index (χ3v) is 1.31. The maximum atomic E-state index is 10.1. The minimum atomic E-state index is -0.182. The van der Waals surface area contributed by atoms with Crippen LogP contribution < -0.4 is 0 Å². The Morgan fingerprint density at radius 2 is 1.33 bits per heavy atom. The van der Waals surface area contributed by atoms with Gasteiger partial charge in [0.25, 0.3) is 0 Å². The highest BCUT2D eigenvalue weighted by Gasteiger charge is 1.88. The van der Waals surface area contributed by atoms with Crippen molar-refractivity contribution in [2.45, 2.75) is 40.5 Å². The largest absolute Gasteiger partial charge is 0.466 e. The van der Waals surface area contributed by atoms with Gasteiger partial charge in [-0.05, 0) is 20.3 Å². The van der Waals surface area contributed by atoms with Crippen LogP contribution in [-0.4, -0.2) is 49.2 Å². The van der Waals surface area contributed by atoms with Gasteiger partial charge in [-0.2, -0.15) is 0 Å². The Morgan fingerprint density at radius 1 is 0.952 bits per heavy atom. The molecule has 0 rings (SSSR count). The fourth-order valence-electron chi connectivity index (χ4n) is 0.564. The van der Waals surface area contributed by atoms with E-state index in [2.05, 4.69) is 38.0 Å². The van der Waals surface area contributed by atoms with E-state index in [0.717, 1.165) is 26.1 Å². The first kappa shape index (κ1) is 32.0. The Kier molecular flexibility index (Phi) is 77.7. The van der Waals surface area contributed by atoms with Crippen LogP contribution in [0.4, 0.5) is 0 Å². The predicted octanol–water partition coefficient (Wildman–Crippen LogP) is 2.97. The molecule has 0 heterocycles. The third-order valence-electron chi connectivity index (χ3n) is 1.31. The summed E-state index contributed by atoms with van der Waals surface area (Å²) in [5.74, 6) is -0.182. The zero-order valence-electron chi connectivity index (χ0n) is 14.4. The fraction of sp³-hybridized carbons (Fsp3) is 0.688. The topological polar surface area (TPSA) is 76.0 Å². The number of ether oxygens (including phenoxy) is 2. The summed E-state index contributed by atoms with van der Waals surface area (Å²) in [6.07, 6.45) is 2.05. The van der Waals surface area contributed by atoms with Gasteiger partial charge in [0.15, 0.2) is 0 Å². The SMILES string of the molecule is C=C.C=C.CCCCOC(C)=O.CCOCC.OCCO. The van der Waals surface area contributed by atoms with Crippen LogP contribution in [0.25, 0.3) is 0 Å². The van der Waals surface area contributed by atoms with Crippen LogP contribution in [0.3, 0.4) is 0 Å². The molecule has 0 aliphatic carbocycles. The van der Waals surface area contributed by atoms with E-state index in [9.17, 15) is 4.79 Å². The molecule has 0 bridgehead atoms. The van der Waals surface area contributed by atoms with Crippen molar-refractivity contribution >= 4 is 5.97 Å². The smallest absolute Gasteiger partial charge is 0.302 e. The van der Waals surface area contributed by atoms with Crippen LogP contribution in [0.2, 0.25) is 0 Å². The highest BCUT2D eigenvalue weighted by Crippen LogP contribution is 1.86. The van der Waals surface area contributed by atoms with Crippen LogP contribution in [0.15, 0.2) is 26.3 Å². The second-order valence-electron chi connectivity index (χ2n) is 2.92. The standard InChI is InChI=1S/C6H12O2.C4H10O.C2H6O2.2C2H4/c1-3-4-5-8-6(2)7;1-3-5-4-2;3-1-2-4;2*1-2/h3-5H2,1-2H3;3-4H2,1-2H3;3-4H,1-2H2;2*1-2H2. The van der Waals surface area contributed by atoms with Crippen molar-refractivity contribution in [3.05, 3.63) is 26.3 Å². The molecule has 0 amide bonds. The van der Waals surface area contributed by atoms with Crippen LogP contribution >= 0.6 is 0 Å². The number of aliphatic hydroxyl groups is 2. The molecule has 0 aromatic carbocycles. The lowest BCUT2D eigenvalue weighted by atomic mass is 10.4. The Hall–Kier alpha value is -1.17. The second-order valence-corrected chi connectivity index (χ2v) is 2.92. The molecular formula is C16H36O5. The summed E-state index contributed by atoms with van der Waals surface area (Å²) in [4.78, 5) is 10.1. The first-order chi connectivity index (χ1) is 10.1. The van der Waals surface area contributed by atoms with Crippen molar-refractivity contribution in [3.63, 3.8) is 0 Å². The average Bonchev–Trinajstić information content (AvgIpc) is 2.53. The lowest BCUT2D eigenvalue weighted by Crippen LogP contribution is -1.99. The third kappa shape index (κ3) is 114. The van der Waals surface area contributed by atoms with Crippen molar-refractivity contribution in [1.29, 1.82) is 0 Å². The van der Waals surface area contributed by atoms with Gasteiger partial charge in [0.05, 0.1) is 19.8 Å². The summed E-state index contributed by atoms with van der Waals surface area (Å²) in [5.41, 5.74) is 0. The molecule has 0 aromatic heterocycles. The van der Waals surface area contributed by atoms with E-state index in [4.69, 9.17) is 14.9 Å². The van der Waals surface area contributed by atoms with Crippen molar-refractivity contribution < 1.29 is 24.5 Å². The summed E-state index contributed by atoms with van der Waals surface area (Å²) in [5, 5.41) is 15.2. The molecule has 21 heavy (non-hydrogen) atoms. The molecule has 0 saturated carbocycles. The minimum Gasteiger partial charge on any atom is -0.466 e. The highest BCUT2D eigenvalue weighted by molar-refractivity contribution is 5.65. The number of rotatable bonds is 6. The minimum absolute atomic E-state index is 0.125. The fourth-order valence-corrected chi connectivity index (χ4v) is 0.564. The zero-order valence-corrected chi connectivity index (χ0v) is 14.4. The van der Waals surface area contributed by atoms with Gasteiger partial charge in [-0.25, -0.2) is 0 Å². The van der Waals surface area contributed by atoms with Crippen molar-refractivity contribution in [2.75, 3.05) is 33.0 Å². The number of aliphatic hydroxyl groups excluding tert-OH is 2. The Labute approximate surface area is 131 Å². The van der Waals surface area contributed by atoms with Crippen LogP contribution in [0.5, 0.6) is 0 Å². The summed E-state index contributed by atoms with van der Waals surface area (Å²) in [7, 11) is 0. The Bertz CT molecular complexity index is 146. The molecule has 5 heteroatoms. The van der Waals surface area contributed by atoms with E-state index in [1.807, 2.05) is 13.8 Å². The van der Waals surface area contributed by atoms with Gasteiger partial charge in [-0.3, -0.25) is 4.79 Å². The quantitative estimate of drug-likeness (QED) is 0.448. The molecule has 0 spiro atoms. The molecule has 2 N–H and O–H groups in total. The lowest BCUT2D eigenvalue weighted by Gasteiger charge is -1.96. The first-order valence-corrected chi connectivity index (χ1v) is 7.03. The summed E-state index contributed by atoms with van der Waals surface area (Å²) in [6.45, 7) is 21.5. The monoisotopic (exact) mass is 308 g/mol. The van der Waals surface area contributed by atoms with Gasteiger partial charge in [-0.1, -0.05) is 13.3 Å². The molecule has 0 fully saturated rings. The number of esters is 1. The van der Waals surface area contributed by atoms with Gasteiger partial charge in [0, 0.05) is 20.1 Å². The van der Waals surface area contributed by atoms with Crippen LogP contribution in [-0.2, 0) is 14.3 Å². The molecule has 0 atom stereocenters. The predicted molar refractivity (Wildman–Crippen MR) is 90.4 cm³/mol. The summed E-state index contributed by atoms with van der Waals surface area (Å²) >= 11 is 0. The van der Waals surface area contributed by atoms with Crippen molar-refractivity contribution in [2.24, 2.45) is 0 Å². The molecule has 0 unspecified atom stereocenters. The second kappa shape index (κ2) is 51.0. The van der Waals surface area contributed by atoms with Crippen LogP contribution in [0.1, 0.15) is 40.5 Å². The van der Waals surface area contributed by atoms with E-state index < -0.39 is 0 Å². The van der Waals surface area contributed by atoms with E-state index in [1.54, 1.807) is 0 Å². The van der Waals surface area contributed by atoms with E-state index in [-0.39, 0.29) is 19.2 Å². The van der Waals surface area contributed by atoms with Crippen molar-refractivity contribution in [3.8, 4) is 0 Å². The maximum Gasteiger partial charge on any atom is 0.302 e. The average molecular weight is 308 g/mol. The number of hydrogen-bond acceptors (Lipinski definition) is 5. The lowest BCUT2D eigenvalue weighted by molar-refractivity contribution is -0.141. The number of unbranched alkanes of at least 4 members (excludes halogenated alkanes) is 1. The van der Waals surface area contributed by atoms with Gasteiger partial charge in [-0.15, -0.1) is 26.3 Å². The van der Waals surface area contributed by atoms with E-state index in [0.29, 0.717) is 6.61 Å². The van der Waals surface area contributed by atoms with Crippen LogP contribution in [0, 0.1) is 0 Å². The molecule has 0 aromatic rings. The summed E-state index contributed by atoms with van der Waals surface area (Å²) < 4.78 is 9.48. The van der Waals surface area contributed by atoms with Gasteiger partial charge >= 0.3 is 5.97 Å². The number of hydrogen-bond donors (Lipinski definition) is 2. The summed E-state index contributed by atoms with van der Waals surface area (Å²) in [6, 6.07) is 0. The van der Waals surface area contributed by atoms with Gasteiger partial charge < -0.3 is 19.7 Å². The van der Waals surface area contributed by atoms with Gasteiger partial charge in [0.2, 0.25) is 0 Å². The van der Waals surface area contributed by atoms with Gasteiger partial charge in [0.1, 0.15) is 0 Å². The molecule has 0 aliphatic rings. The first-order valence-electron chi connectivity index (χ1n) is 7.03. The highest BCUT2D eigenvalue weighted by atomic mass is 16.5. The van der Waals surface area contributed by atoms with Crippen molar-refractivity contribution in [1.82, 2.24) is 0 Å².